The van der Waals surface area contributed by atoms with E-state index in [0.29, 0.717) is 6.54 Å². The maximum absolute atomic E-state index is 5.40. The summed E-state index contributed by atoms with van der Waals surface area (Å²) in [6.45, 7) is 3.88. The van der Waals surface area contributed by atoms with Crippen molar-refractivity contribution in [2.24, 2.45) is 5.73 Å². The minimum absolute atomic E-state index is 0.711. The summed E-state index contributed by atoms with van der Waals surface area (Å²) >= 11 is 0. The van der Waals surface area contributed by atoms with E-state index in [9.17, 15) is 0 Å². The van der Waals surface area contributed by atoms with Crippen LogP contribution in [0.3, 0.4) is 0 Å². The topological polar surface area (TPSA) is 38.0 Å². The third-order valence-corrected chi connectivity index (χ3v) is 4.00. The van der Waals surface area contributed by atoms with Gasteiger partial charge in [-0.1, -0.05) is 90.0 Å². The second-order valence-electron chi connectivity index (χ2n) is 6.18. The van der Waals surface area contributed by atoms with Crippen LogP contribution < -0.4 is 11.1 Å². The minimum Gasteiger partial charge on any atom is -0.390 e. The van der Waals surface area contributed by atoms with Gasteiger partial charge in [0, 0.05) is 13.1 Å². The summed E-state index contributed by atoms with van der Waals surface area (Å²) in [6, 6.07) is 0. The lowest BCUT2D eigenvalue weighted by Gasteiger charge is -2.02. The number of nitrogens with two attached hydrogens (primary N) is 1. The van der Waals surface area contributed by atoms with Crippen molar-refractivity contribution in [3.8, 4) is 0 Å². The molecule has 126 valence electrons. The largest absolute Gasteiger partial charge is 0.390 e. The molecule has 0 bridgehead atoms. The molecule has 0 aliphatic carbocycles. The lowest BCUT2D eigenvalue weighted by atomic mass is 10.0. The zero-order valence-electron chi connectivity index (χ0n) is 14.5. The van der Waals surface area contributed by atoms with Gasteiger partial charge in [0.15, 0.2) is 0 Å². The van der Waals surface area contributed by atoms with Crippen LogP contribution >= 0.6 is 0 Å². The van der Waals surface area contributed by atoms with Crippen LogP contribution in [0.5, 0.6) is 0 Å². The molecule has 0 aliphatic rings. The van der Waals surface area contributed by atoms with E-state index < -0.39 is 0 Å². The Bertz CT molecular complexity index is 202. The Morgan fingerprint density at radius 2 is 1.19 bits per heavy atom. The smallest absolute Gasteiger partial charge is 0.0264 e. The van der Waals surface area contributed by atoms with Gasteiger partial charge in [-0.15, -0.1) is 0 Å². The fraction of sp³-hybridized carbons (Fsp3) is 0.895. The third-order valence-electron chi connectivity index (χ3n) is 4.00. The van der Waals surface area contributed by atoms with Gasteiger partial charge in [0.1, 0.15) is 0 Å². The molecule has 0 aromatic heterocycles. The van der Waals surface area contributed by atoms with Crippen LogP contribution in [0.1, 0.15) is 96.8 Å². The molecule has 0 saturated carbocycles. The number of nitrogens with one attached hydrogen (secondary N) is 1. The first-order valence-corrected chi connectivity index (χ1v) is 9.50. The van der Waals surface area contributed by atoms with E-state index >= 15 is 0 Å². The molecule has 0 unspecified atom stereocenters. The van der Waals surface area contributed by atoms with Crippen LogP contribution in [0, 0.1) is 0 Å². The number of hydrogen-bond acceptors (Lipinski definition) is 2. The molecule has 21 heavy (non-hydrogen) atoms. The fourth-order valence-electron chi connectivity index (χ4n) is 2.61. The highest BCUT2D eigenvalue weighted by atomic mass is 14.8. The molecule has 0 heterocycles. The quantitative estimate of drug-likeness (QED) is 0.346. The monoisotopic (exact) mass is 296 g/mol. The van der Waals surface area contributed by atoms with Crippen LogP contribution in [0.15, 0.2) is 12.3 Å². The summed E-state index contributed by atoms with van der Waals surface area (Å²) in [6.07, 6.45) is 24.0. The van der Waals surface area contributed by atoms with Crippen molar-refractivity contribution in [1.82, 2.24) is 5.32 Å². The molecule has 0 aromatic carbocycles. The van der Waals surface area contributed by atoms with Gasteiger partial charge < -0.3 is 11.1 Å². The lowest BCUT2D eigenvalue weighted by molar-refractivity contribution is 0.540. The lowest BCUT2D eigenvalue weighted by Crippen LogP contribution is -2.16. The maximum atomic E-state index is 5.40. The van der Waals surface area contributed by atoms with Crippen molar-refractivity contribution in [1.29, 1.82) is 0 Å². The fourth-order valence-corrected chi connectivity index (χ4v) is 2.61. The molecule has 0 fully saturated rings. The van der Waals surface area contributed by atoms with Gasteiger partial charge in [0.25, 0.3) is 0 Å². The standard InChI is InChI=1S/C19H40N2/c1-2-3-4-5-6-7-8-9-10-11-12-13-14-15-16-18-21-19-17-20/h16,18,21H,2-15,17,19-20H2,1H3. The molecule has 0 rings (SSSR count). The van der Waals surface area contributed by atoms with E-state index in [2.05, 4.69) is 18.3 Å². The molecule has 0 radical (unpaired) electrons. The van der Waals surface area contributed by atoms with Gasteiger partial charge in [0.05, 0.1) is 0 Å². The van der Waals surface area contributed by atoms with Crippen molar-refractivity contribution < 1.29 is 0 Å². The number of rotatable bonds is 17. The second kappa shape index (κ2) is 19.5. The van der Waals surface area contributed by atoms with E-state index in [1.807, 2.05) is 6.20 Å². The molecule has 0 saturated heterocycles. The van der Waals surface area contributed by atoms with Crippen LogP contribution in [0.25, 0.3) is 0 Å². The predicted octanol–water partition coefficient (Wildman–Crippen LogP) is 5.53. The van der Waals surface area contributed by atoms with E-state index in [0.717, 1.165) is 6.54 Å². The van der Waals surface area contributed by atoms with E-state index in [1.165, 1.54) is 89.9 Å². The highest BCUT2D eigenvalue weighted by Crippen LogP contribution is 2.12. The van der Waals surface area contributed by atoms with Gasteiger partial charge in [0.2, 0.25) is 0 Å². The zero-order valence-corrected chi connectivity index (χ0v) is 14.5. The molecule has 3 N–H and O–H groups in total. The Labute approximate surface area is 134 Å². The Morgan fingerprint density at radius 3 is 1.67 bits per heavy atom. The molecular weight excluding hydrogens is 256 g/mol. The average Bonchev–Trinajstić information content (AvgIpc) is 2.50. The average molecular weight is 297 g/mol. The molecule has 0 amide bonds. The van der Waals surface area contributed by atoms with Crippen LogP contribution in [0.2, 0.25) is 0 Å². The summed E-state index contributed by atoms with van der Waals surface area (Å²) in [5.74, 6) is 0. The highest BCUT2D eigenvalue weighted by molar-refractivity contribution is 4.79. The first-order valence-electron chi connectivity index (χ1n) is 9.50. The van der Waals surface area contributed by atoms with E-state index in [4.69, 9.17) is 5.73 Å². The maximum Gasteiger partial charge on any atom is 0.0264 e. The molecule has 2 nitrogen and oxygen atoms in total. The second-order valence-corrected chi connectivity index (χ2v) is 6.18. The van der Waals surface area contributed by atoms with Crippen molar-refractivity contribution in [2.75, 3.05) is 13.1 Å². The summed E-state index contributed by atoms with van der Waals surface area (Å²) in [7, 11) is 0. The number of unbranched alkanes of at least 4 members (excludes halogenated alkanes) is 13. The summed E-state index contributed by atoms with van der Waals surface area (Å²) in [5.41, 5.74) is 5.40. The summed E-state index contributed by atoms with van der Waals surface area (Å²) < 4.78 is 0. The zero-order chi connectivity index (χ0) is 15.4. The van der Waals surface area contributed by atoms with E-state index in [-0.39, 0.29) is 0 Å². The van der Waals surface area contributed by atoms with Gasteiger partial charge in [-0.2, -0.15) is 0 Å². The number of hydrogen-bond donors (Lipinski definition) is 2. The Hall–Kier alpha value is -0.500. The van der Waals surface area contributed by atoms with Gasteiger partial charge >= 0.3 is 0 Å². The van der Waals surface area contributed by atoms with Crippen molar-refractivity contribution >= 4 is 0 Å². The molecular formula is C19H40N2. The molecule has 0 aliphatic heterocycles. The minimum atomic E-state index is 0.711. The molecule has 0 spiro atoms. The highest BCUT2D eigenvalue weighted by Gasteiger charge is 1.93. The summed E-state index contributed by atoms with van der Waals surface area (Å²) in [5, 5.41) is 3.18. The van der Waals surface area contributed by atoms with Gasteiger partial charge in [-0.25, -0.2) is 0 Å². The van der Waals surface area contributed by atoms with Crippen LogP contribution in [-0.2, 0) is 0 Å². The van der Waals surface area contributed by atoms with E-state index in [1.54, 1.807) is 0 Å². The van der Waals surface area contributed by atoms with Crippen molar-refractivity contribution in [2.45, 2.75) is 96.8 Å². The van der Waals surface area contributed by atoms with Crippen LogP contribution in [-0.4, -0.2) is 13.1 Å². The van der Waals surface area contributed by atoms with Crippen molar-refractivity contribution in [3.05, 3.63) is 12.3 Å². The van der Waals surface area contributed by atoms with Gasteiger partial charge in [-0.05, 0) is 19.0 Å². The summed E-state index contributed by atoms with van der Waals surface area (Å²) in [4.78, 5) is 0. The SMILES string of the molecule is CCCCCCCCCCCCCCCC=CNCCN. The Balaban J connectivity index is 2.98. The Kier molecular flexibility index (Phi) is 19.0. The van der Waals surface area contributed by atoms with Gasteiger partial charge in [-0.3, -0.25) is 0 Å². The Morgan fingerprint density at radius 1 is 0.714 bits per heavy atom. The normalized spacial score (nSPS) is 11.3. The number of allylic oxidation sites excluding steroid dienone is 1. The predicted molar refractivity (Wildman–Crippen MR) is 96.5 cm³/mol. The molecule has 0 aromatic rings. The third kappa shape index (κ3) is 19.5. The van der Waals surface area contributed by atoms with Crippen molar-refractivity contribution in [3.63, 3.8) is 0 Å². The van der Waals surface area contributed by atoms with Crippen LogP contribution in [0.4, 0.5) is 0 Å². The molecule has 0 atom stereocenters. The molecule has 2 heteroatoms. The first-order chi connectivity index (χ1) is 10.4. The first kappa shape index (κ1) is 20.5.